The normalized spacial score (nSPS) is 20.4. The van der Waals surface area contributed by atoms with E-state index in [4.69, 9.17) is 4.74 Å². The van der Waals surface area contributed by atoms with E-state index in [1.165, 1.54) is 25.8 Å². The number of rotatable bonds is 5. The molecule has 2 fully saturated rings. The lowest BCUT2D eigenvalue weighted by Gasteiger charge is -2.26. The molecule has 1 aliphatic carbocycles. The third-order valence-corrected chi connectivity index (χ3v) is 4.70. The van der Waals surface area contributed by atoms with Gasteiger partial charge < -0.3 is 14.6 Å². The van der Waals surface area contributed by atoms with Gasteiger partial charge >= 0.3 is 5.97 Å². The summed E-state index contributed by atoms with van der Waals surface area (Å²) in [5.74, 6) is -0.428. The van der Waals surface area contributed by atoms with Crippen molar-refractivity contribution in [2.75, 3.05) is 7.11 Å². The summed E-state index contributed by atoms with van der Waals surface area (Å²) in [7, 11) is 1.23. The van der Waals surface area contributed by atoms with Gasteiger partial charge in [-0.1, -0.05) is 0 Å². The van der Waals surface area contributed by atoms with Crippen LogP contribution in [0.15, 0.2) is 39.4 Å². The van der Waals surface area contributed by atoms with Gasteiger partial charge in [0, 0.05) is 17.7 Å². The number of methoxy groups -OCH3 is 1. The van der Waals surface area contributed by atoms with Crippen LogP contribution in [0.1, 0.15) is 24.8 Å². The van der Waals surface area contributed by atoms with E-state index in [1.54, 1.807) is 12.1 Å². The number of ether oxygens (including phenoxy) is 2. The van der Waals surface area contributed by atoms with E-state index in [1.807, 2.05) is 0 Å². The Morgan fingerprint density at radius 1 is 1.42 bits per heavy atom. The number of nitrogens with one attached hydrogen (secondary N) is 1. The number of aromatic hydroxyl groups is 1. The third kappa shape index (κ3) is 4.42. The van der Waals surface area contributed by atoms with Crippen molar-refractivity contribution in [3.63, 3.8) is 0 Å². The fourth-order valence-electron chi connectivity index (χ4n) is 2.17. The molecule has 3 rings (SSSR count). The number of carbonyl (C=O) groups excluding carboxylic acids is 2. The van der Waals surface area contributed by atoms with Crippen molar-refractivity contribution < 1.29 is 24.2 Å². The van der Waals surface area contributed by atoms with Crippen LogP contribution >= 0.6 is 11.8 Å². The first kappa shape index (κ1) is 18.0. The van der Waals surface area contributed by atoms with Crippen LogP contribution in [0.2, 0.25) is 0 Å². The Morgan fingerprint density at radius 2 is 2.23 bits per heavy atom. The minimum Gasteiger partial charge on any atom is -0.507 e. The molecule has 8 nitrogen and oxygen atoms in total. The van der Waals surface area contributed by atoms with Crippen molar-refractivity contribution in [1.29, 1.82) is 0 Å². The highest BCUT2D eigenvalue weighted by Crippen LogP contribution is 2.28. The van der Waals surface area contributed by atoms with Crippen molar-refractivity contribution >= 4 is 35.0 Å². The van der Waals surface area contributed by atoms with Gasteiger partial charge in [0.2, 0.25) is 0 Å². The minimum absolute atomic E-state index is 0.0279. The van der Waals surface area contributed by atoms with Crippen molar-refractivity contribution in [1.82, 2.24) is 5.32 Å². The van der Waals surface area contributed by atoms with E-state index in [2.05, 4.69) is 20.3 Å². The molecule has 2 aliphatic rings. The highest BCUT2D eigenvalue weighted by molar-refractivity contribution is 8.18. The second-order valence-electron chi connectivity index (χ2n) is 5.63. The first-order valence-electron chi connectivity index (χ1n) is 7.94. The highest BCUT2D eigenvalue weighted by atomic mass is 32.2. The van der Waals surface area contributed by atoms with Gasteiger partial charge in [0.05, 0.1) is 24.3 Å². The number of amides is 1. The molecule has 136 valence electrons. The summed E-state index contributed by atoms with van der Waals surface area (Å²) in [6.45, 7) is 0. The SMILES string of the molecule is COC(=O)/C=C1/S/C(=N\N=Cc2ccc(OC3CCC3)cc2O)NC1=O. The summed E-state index contributed by atoms with van der Waals surface area (Å²) in [6.07, 6.45) is 5.93. The highest BCUT2D eigenvalue weighted by Gasteiger charge is 2.25. The van der Waals surface area contributed by atoms with Crippen molar-refractivity contribution in [3.05, 3.63) is 34.7 Å². The summed E-state index contributed by atoms with van der Waals surface area (Å²) < 4.78 is 10.2. The number of hydrogen-bond donors (Lipinski definition) is 2. The topological polar surface area (TPSA) is 110 Å². The maximum Gasteiger partial charge on any atom is 0.331 e. The average molecular weight is 375 g/mol. The van der Waals surface area contributed by atoms with Crippen LogP contribution in [-0.2, 0) is 14.3 Å². The van der Waals surface area contributed by atoms with Gasteiger partial charge in [-0.3, -0.25) is 10.1 Å². The number of amidine groups is 1. The van der Waals surface area contributed by atoms with Crippen molar-refractivity contribution in [2.45, 2.75) is 25.4 Å². The second kappa shape index (κ2) is 8.05. The first-order chi connectivity index (χ1) is 12.5. The first-order valence-corrected chi connectivity index (χ1v) is 8.76. The van der Waals surface area contributed by atoms with Crippen LogP contribution in [0.5, 0.6) is 11.5 Å². The molecule has 9 heteroatoms. The van der Waals surface area contributed by atoms with E-state index in [0.717, 1.165) is 30.7 Å². The molecular weight excluding hydrogens is 358 g/mol. The predicted octanol–water partition coefficient (Wildman–Crippen LogP) is 1.93. The van der Waals surface area contributed by atoms with Crippen molar-refractivity contribution in [3.8, 4) is 11.5 Å². The van der Waals surface area contributed by atoms with Gasteiger partial charge in [-0.15, -0.1) is 5.10 Å². The predicted molar refractivity (Wildman–Crippen MR) is 97.2 cm³/mol. The van der Waals surface area contributed by atoms with Crippen LogP contribution in [0.4, 0.5) is 0 Å². The summed E-state index contributed by atoms with van der Waals surface area (Å²) in [5, 5.41) is 20.5. The lowest BCUT2D eigenvalue weighted by atomic mass is 9.96. The largest absolute Gasteiger partial charge is 0.507 e. The molecule has 26 heavy (non-hydrogen) atoms. The van der Waals surface area contributed by atoms with E-state index in [0.29, 0.717) is 11.3 Å². The zero-order valence-electron chi connectivity index (χ0n) is 14.0. The maximum atomic E-state index is 11.7. The molecule has 0 spiro atoms. The lowest BCUT2D eigenvalue weighted by molar-refractivity contribution is -0.135. The van der Waals surface area contributed by atoms with E-state index >= 15 is 0 Å². The smallest absolute Gasteiger partial charge is 0.331 e. The molecule has 0 atom stereocenters. The summed E-state index contributed by atoms with van der Waals surface area (Å²) in [6, 6.07) is 4.97. The number of thioether (sulfide) groups is 1. The van der Waals surface area contributed by atoms with Crippen LogP contribution in [-0.4, -0.2) is 41.6 Å². The Balaban J connectivity index is 1.63. The van der Waals surface area contributed by atoms with Gasteiger partial charge in [-0.05, 0) is 43.2 Å². The third-order valence-electron chi connectivity index (χ3n) is 3.80. The zero-order valence-corrected chi connectivity index (χ0v) is 14.8. The van der Waals surface area contributed by atoms with E-state index in [9.17, 15) is 14.7 Å². The quantitative estimate of drug-likeness (QED) is 0.352. The standard InChI is InChI=1S/C17H17N3O5S/c1-24-15(22)8-14-16(23)19-17(26-14)20-18-9-10-5-6-12(7-13(10)21)25-11-3-2-4-11/h5-9,11,21H,2-4H2,1H3,(H,19,20,23)/b14-8+,18-9?. The van der Waals surface area contributed by atoms with Gasteiger partial charge in [0.15, 0.2) is 5.17 Å². The molecular formula is C17H17N3O5S. The number of phenolic OH excluding ortho intramolecular Hbond substituents is 1. The number of hydrogen-bond acceptors (Lipinski definition) is 8. The van der Waals surface area contributed by atoms with Crippen LogP contribution < -0.4 is 10.1 Å². The minimum atomic E-state index is -0.624. The summed E-state index contributed by atoms with van der Waals surface area (Å²) in [5.41, 5.74) is 0.468. The van der Waals surface area contributed by atoms with Gasteiger partial charge in [0.25, 0.3) is 5.91 Å². The van der Waals surface area contributed by atoms with Gasteiger partial charge in [-0.25, -0.2) is 4.79 Å². The Labute approximate surface area is 154 Å². The molecule has 2 N–H and O–H groups in total. The fraction of sp³-hybridized carbons (Fsp3) is 0.294. The molecule has 0 bridgehead atoms. The van der Waals surface area contributed by atoms with Crippen LogP contribution in [0.25, 0.3) is 0 Å². The lowest BCUT2D eigenvalue weighted by Crippen LogP contribution is -2.24. The number of benzene rings is 1. The maximum absolute atomic E-state index is 11.7. The Kier molecular flexibility index (Phi) is 5.57. The van der Waals surface area contributed by atoms with E-state index < -0.39 is 11.9 Å². The van der Waals surface area contributed by atoms with Crippen molar-refractivity contribution in [2.24, 2.45) is 10.2 Å². The van der Waals surface area contributed by atoms with Gasteiger partial charge in [0.1, 0.15) is 11.5 Å². The number of phenols is 1. The molecule has 1 aromatic carbocycles. The van der Waals surface area contributed by atoms with Crippen LogP contribution in [0, 0.1) is 0 Å². The monoisotopic (exact) mass is 375 g/mol. The molecule has 0 unspecified atom stereocenters. The van der Waals surface area contributed by atoms with E-state index in [-0.39, 0.29) is 21.9 Å². The average Bonchev–Trinajstić information content (AvgIpc) is 2.92. The van der Waals surface area contributed by atoms with Gasteiger partial charge in [-0.2, -0.15) is 5.10 Å². The number of carbonyl (C=O) groups is 2. The molecule has 0 aromatic heterocycles. The number of nitrogens with zero attached hydrogens (tertiary/aromatic N) is 2. The Morgan fingerprint density at radius 3 is 2.88 bits per heavy atom. The van der Waals surface area contributed by atoms with Crippen LogP contribution in [0.3, 0.4) is 0 Å². The fourth-order valence-corrected chi connectivity index (χ4v) is 2.91. The molecule has 1 saturated heterocycles. The zero-order chi connectivity index (χ0) is 18.5. The second-order valence-corrected chi connectivity index (χ2v) is 6.66. The molecule has 1 saturated carbocycles. The molecule has 1 aliphatic heterocycles. The molecule has 1 aromatic rings. The molecule has 1 amide bonds. The Hall–Kier alpha value is -2.81. The summed E-state index contributed by atoms with van der Waals surface area (Å²) >= 11 is 0.973. The Bertz CT molecular complexity index is 815. The molecule has 0 radical (unpaired) electrons. The number of esters is 1. The summed E-state index contributed by atoms with van der Waals surface area (Å²) in [4.78, 5) is 23.0. The molecule has 1 heterocycles.